The van der Waals surface area contributed by atoms with Crippen LogP contribution in [0, 0.1) is 41.4 Å². The molecule has 0 saturated heterocycles. The Balaban J connectivity index is 0.546. The molecule has 0 N–H and O–H groups in total. The van der Waals surface area contributed by atoms with Crippen molar-refractivity contribution in [3.8, 4) is 77.9 Å². The molecule has 0 radical (unpaired) electrons. The smallest absolute Gasteiger partial charge is 0.0465 e. The molecule has 26 rings (SSSR count). The molecule has 2 spiro atoms. The van der Waals surface area contributed by atoms with Crippen LogP contribution < -0.4 is 9.80 Å². The van der Waals surface area contributed by atoms with Gasteiger partial charge >= 0.3 is 0 Å². The molecule has 8 fully saturated rings. The Bertz CT molecular complexity index is 6010. The molecule has 2 nitrogen and oxygen atoms in total. The normalized spacial score (nSPS) is 26.1. The highest BCUT2D eigenvalue weighted by atomic mass is 15.1. The van der Waals surface area contributed by atoms with E-state index in [1.807, 2.05) is 0 Å². The van der Waals surface area contributed by atoms with E-state index >= 15 is 0 Å². The first kappa shape index (κ1) is 63.4. The lowest BCUT2D eigenvalue weighted by atomic mass is 9.38. The molecule has 2 atom stereocenters. The van der Waals surface area contributed by atoms with Gasteiger partial charge in [-0.15, -0.1) is 0 Å². The zero-order valence-electron chi connectivity index (χ0n) is 63.6. The standard InChI is InChI=1S/C107H92N2/c1-102(2)92-24-14-10-20-82(92)87-43-39-79(58-99(87)102)108(76-18-8-7-9-19-76)77-35-28-67(29-36-77)70-33-47-97-91(56-70)85-23-13-17-27-95(85)107(97)74-53-66-54-75(107)63-105(61-66,62-74)71-34-42-86-89-45-41-81(60-101(89)104(5,6)98(86)57-71)109(80-40-44-88-83-21-11-15-25-93(83)103(3,4)100(88)59-80)78-37-30-68(31-38-78)69-32-46-96-90(55-69)84-22-12-16-26-94(84)106(96)72-49-64-48-65(51-72)52-73(106)50-64/h7-47,55-60,64-66,72-75H,48-54,61-63H2,1-6H3. The van der Waals surface area contributed by atoms with Gasteiger partial charge < -0.3 is 9.80 Å². The van der Waals surface area contributed by atoms with Crippen LogP contribution in [0.4, 0.5) is 34.1 Å². The van der Waals surface area contributed by atoms with Gasteiger partial charge in [0.25, 0.3) is 0 Å². The highest BCUT2D eigenvalue weighted by molar-refractivity contribution is 5.93. The fourth-order valence-electron chi connectivity index (χ4n) is 27.0. The predicted molar refractivity (Wildman–Crippen MR) is 451 cm³/mol. The predicted octanol–water partition coefficient (Wildman–Crippen LogP) is 27.6. The van der Waals surface area contributed by atoms with E-state index in [9.17, 15) is 0 Å². The molecule has 8 bridgehead atoms. The average molecular weight is 1410 g/mol. The van der Waals surface area contributed by atoms with Crippen molar-refractivity contribution in [2.24, 2.45) is 41.4 Å². The van der Waals surface area contributed by atoms with Crippen LogP contribution in [0.3, 0.4) is 0 Å². The number of benzene rings is 13. The fraction of sp³-hybridized carbons (Fsp3) is 0.271. The summed E-state index contributed by atoms with van der Waals surface area (Å²) in [6, 6.07) is 112. The number of anilines is 6. The Morgan fingerprint density at radius 3 is 1.00 bits per heavy atom. The summed E-state index contributed by atoms with van der Waals surface area (Å²) in [4.78, 5) is 5.01. The molecule has 530 valence electrons. The first-order chi connectivity index (χ1) is 53.1. The SMILES string of the molecule is CC1(C)c2ccccc2-c2ccc(N(c3ccccc3)c3ccc(-c4ccc5c(c4)-c4ccccc4C54C5CC6CC4CC(c4ccc7c(c4)C(C)(C)c4cc(N(c8ccc(-c9ccc%10c(c9)-c9ccccc9C%109C%10CC%11CC(C%10)CC9C%11)cc8)c8ccc9c(c8)C(C)(C)c8ccccc8-9)ccc4-7)(C6)C5)cc3)cc21. The second-order valence-electron chi connectivity index (χ2n) is 37.3. The van der Waals surface area contributed by atoms with Gasteiger partial charge in [0.05, 0.1) is 0 Å². The second-order valence-corrected chi connectivity index (χ2v) is 37.3. The Kier molecular flexibility index (Phi) is 12.9. The molecular weight excluding hydrogens is 1310 g/mol. The summed E-state index contributed by atoms with van der Waals surface area (Å²) in [7, 11) is 0. The zero-order chi connectivity index (χ0) is 72.4. The van der Waals surface area contributed by atoms with Crippen molar-refractivity contribution in [3.05, 3.63) is 346 Å². The van der Waals surface area contributed by atoms with Gasteiger partial charge in [-0.3, -0.25) is 0 Å². The highest BCUT2D eigenvalue weighted by Crippen LogP contribution is 2.74. The summed E-state index contributed by atoms with van der Waals surface area (Å²) >= 11 is 0. The van der Waals surface area contributed by atoms with Crippen LogP contribution in [0.25, 0.3) is 77.9 Å². The van der Waals surface area contributed by atoms with Crippen LogP contribution in [0.1, 0.15) is 167 Å². The third-order valence-corrected chi connectivity index (χ3v) is 31.3. The Labute approximate surface area is 643 Å². The van der Waals surface area contributed by atoms with Gasteiger partial charge in [-0.05, 0) is 335 Å². The molecule has 13 aromatic rings. The summed E-state index contributed by atoms with van der Waals surface area (Å²) in [6.07, 6.45) is 13.5. The molecule has 13 aliphatic rings. The molecule has 13 aliphatic carbocycles. The average Bonchev–Trinajstić information content (AvgIpc) is 1.58. The maximum atomic E-state index is 2.74. The summed E-state index contributed by atoms with van der Waals surface area (Å²) in [5.41, 5.74) is 42.7. The van der Waals surface area contributed by atoms with Crippen LogP contribution in [0.5, 0.6) is 0 Å². The lowest BCUT2D eigenvalue weighted by Gasteiger charge is -2.65. The van der Waals surface area contributed by atoms with Gasteiger partial charge in [0.2, 0.25) is 0 Å². The molecule has 2 heteroatoms. The van der Waals surface area contributed by atoms with Gasteiger partial charge in [-0.1, -0.05) is 242 Å². The Morgan fingerprint density at radius 1 is 0.220 bits per heavy atom. The number of hydrogen-bond donors (Lipinski definition) is 0. The van der Waals surface area contributed by atoms with Crippen molar-refractivity contribution in [1.82, 2.24) is 0 Å². The minimum absolute atomic E-state index is 0.0101. The van der Waals surface area contributed by atoms with Crippen molar-refractivity contribution in [2.45, 2.75) is 138 Å². The minimum Gasteiger partial charge on any atom is -0.310 e. The van der Waals surface area contributed by atoms with Crippen LogP contribution >= 0.6 is 0 Å². The maximum absolute atomic E-state index is 2.74. The molecule has 2 unspecified atom stereocenters. The lowest BCUT2D eigenvalue weighted by molar-refractivity contribution is -0.0595. The van der Waals surface area contributed by atoms with Crippen LogP contribution in [0.15, 0.2) is 285 Å². The van der Waals surface area contributed by atoms with Crippen molar-refractivity contribution in [3.63, 3.8) is 0 Å². The minimum atomic E-state index is -0.214. The van der Waals surface area contributed by atoms with Gasteiger partial charge in [0.15, 0.2) is 0 Å². The zero-order valence-corrected chi connectivity index (χ0v) is 63.6. The van der Waals surface area contributed by atoms with E-state index in [-0.39, 0.29) is 32.5 Å². The summed E-state index contributed by atoms with van der Waals surface area (Å²) in [6.45, 7) is 14.6. The summed E-state index contributed by atoms with van der Waals surface area (Å²) in [5.74, 6) is 5.26. The first-order valence-corrected chi connectivity index (χ1v) is 41.3. The lowest BCUT2D eigenvalue weighted by Crippen LogP contribution is -2.60. The maximum Gasteiger partial charge on any atom is 0.0465 e. The fourth-order valence-corrected chi connectivity index (χ4v) is 27.0. The van der Waals surface area contributed by atoms with E-state index < -0.39 is 0 Å². The van der Waals surface area contributed by atoms with Crippen molar-refractivity contribution >= 4 is 34.1 Å². The molecular formula is C107H92N2. The number of fused-ring (bicyclic) bond motifs is 15. The van der Waals surface area contributed by atoms with Gasteiger partial charge in [-0.25, -0.2) is 0 Å². The second kappa shape index (κ2) is 22.1. The number of hydrogen-bond acceptors (Lipinski definition) is 2. The Morgan fingerprint density at radius 2 is 0.541 bits per heavy atom. The van der Waals surface area contributed by atoms with E-state index in [1.165, 1.54) is 198 Å². The molecule has 0 amide bonds. The first-order valence-electron chi connectivity index (χ1n) is 41.3. The number of rotatable bonds is 9. The van der Waals surface area contributed by atoms with Gasteiger partial charge in [-0.2, -0.15) is 0 Å². The molecule has 0 aromatic heterocycles. The van der Waals surface area contributed by atoms with E-state index in [2.05, 4.69) is 336 Å². The molecule has 109 heavy (non-hydrogen) atoms. The van der Waals surface area contributed by atoms with E-state index in [4.69, 9.17) is 0 Å². The van der Waals surface area contributed by atoms with Crippen molar-refractivity contribution < 1.29 is 0 Å². The van der Waals surface area contributed by atoms with Crippen LogP contribution in [-0.2, 0) is 32.5 Å². The molecule has 8 saturated carbocycles. The van der Waals surface area contributed by atoms with Crippen LogP contribution in [0.2, 0.25) is 0 Å². The van der Waals surface area contributed by atoms with Crippen LogP contribution in [-0.4, -0.2) is 0 Å². The van der Waals surface area contributed by atoms with E-state index in [0.717, 1.165) is 41.0 Å². The van der Waals surface area contributed by atoms with Gasteiger partial charge in [0.1, 0.15) is 0 Å². The summed E-state index contributed by atoms with van der Waals surface area (Å²) in [5, 5.41) is 0. The van der Waals surface area contributed by atoms with Crippen molar-refractivity contribution in [1.29, 1.82) is 0 Å². The third-order valence-electron chi connectivity index (χ3n) is 31.3. The molecule has 0 aliphatic heterocycles. The molecule has 13 aromatic carbocycles. The highest BCUT2D eigenvalue weighted by Gasteiger charge is 2.66. The number of nitrogens with zero attached hydrogens (tertiary/aromatic N) is 2. The quantitative estimate of drug-likeness (QED) is 0.142. The monoisotopic (exact) mass is 1400 g/mol. The summed E-state index contributed by atoms with van der Waals surface area (Å²) < 4.78 is 0. The topological polar surface area (TPSA) is 6.48 Å². The van der Waals surface area contributed by atoms with E-state index in [1.54, 1.807) is 27.8 Å². The molecule has 0 heterocycles. The Hall–Kier alpha value is -10.5. The van der Waals surface area contributed by atoms with Gasteiger partial charge in [0, 0.05) is 61.2 Å². The van der Waals surface area contributed by atoms with E-state index in [0.29, 0.717) is 11.8 Å². The number of para-hydroxylation sites is 1. The third kappa shape index (κ3) is 8.44. The van der Waals surface area contributed by atoms with Crippen molar-refractivity contribution in [2.75, 3.05) is 9.80 Å². The largest absolute Gasteiger partial charge is 0.310 e.